The maximum atomic E-state index is 13.3. The van der Waals surface area contributed by atoms with E-state index in [9.17, 15) is 24.3 Å². The molecular formula is C24H26N2O6. The standard InChI is InChI=1S/C24H26N2O6/c1-3-4-5-6-13(2)26-23(31)17-9-7-15-19-16(8-10-18(20(17)19)24(26)32)22(30)25(21(15)29)11-14(28)12-27/h7-10,13-14,27-28H,3-6,11-12H2,1-2H3. The molecule has 2 N–H and O–H groups in total. The van der Waals surface area contributed by atoms with E-state index in [0.717, 1.165) is 24.2 Å². The first-order valence-electron chi connectivity index (χ1n) is 10.9. The lowest BCUT2D eigenvalue weighted by atomic mass is 9.85. The molecule has 0 spiro atoms. The van der Waals surface area contributed by atoms with E-state index in [4.69, 9.17) is 5.11 Å². The number of carbonyl (C=O) groups is 4. The molecule has 2 aromatic rings. The molecule has 2 atom stereocenters. The van der Waals surface area contributed by atoms with Crippen LogP contribution >= 0.6 is 0 Å². The molecule has 2 aliphatic rings. The molecule has 0 fully saturated rings. The highest BCUT2D eigenvalue weighted by Crippen LogP contribution is 2.38. The van der Waals surface area contributed by atoms with Crippen LogP contribution in [-0.2, 0) is 0 Å². The van der Waals surface area contributed by atoms with Crippen LogP contribution in [-0.4, -0.2) is 68.9 Å². The van der Waals surface area contributed by atoms with Crippen LogP contribution in [0.2, 0.25) is 0 Å². The Hall–Kier alpha value is -3.10. The Morgan fingerprint density at radius 3 is 1.72 bits per heavy atom. The molecule has 0 saturated heterocycles. The fraction of sp³-hybridized carbons (Fsp3) is 0.417. The van der Waals surface area contributed by atoms with E-state index in [-0.39, 0.29) is 23.7 Å². The van der Waals surface area contributed by atoms with Gasteiger partial charge in [-0.05, 0) is 37.6 Å². The first-order valence-corrected chi connectivity index (χ1v) is 10.9. The van der Waals surface area contributed by atoms with E-state index >= 15 is 0 Å². The lowest BCUT2D eigenvalue weighted by Gasteiger charge is -2.34. The third-order valence-corrected chi connectivity index (χ3v) is 6.28. The summed E-state index contributed by atoms with van der Waals surface area (Å²) in [6.45, 7) is 3.01. The van der Waals surface area contributed by atoms with Gasteiger partial charge in [-0.3, -0.25) is 29.0 Å². The van der Waals surface area contributed by atoms with Gasteiger partial charge < -0.3 is 10.2 Å². The fourth-order valence-electron chi connectivity index (χ4n) is 4.60. The van der Waals surface area contributed by atoms with Crippen molar-refractivity contribution in [1.82, 2.24) is 9.80 Å². The number of aliphatic hydroxyl groups is 2. The van der Waals surface area contributed by atoms with Crippen molar-refractivity contribution in [3.8, 4) is 0 Å². The number of imide groups is 2. The monoisotopic (exact) mass is 438 g/mol. The summed E-state index contributed by atoms with van der Waals surface area (Å²) in [5.41, 5.74) is 0.977. The number of aliphatic hydroxyl groups excluding tert-OH is 2. The molecule has 2 aliphatic heterocycles. The van der Waals surface area contributed by atoms with Crippen LogP contribution < -0.4 is 0 Å². The van der Waals surface area contributed by atoms with Crippen LogP contribution in [0.3, 0.4) is 0 Å². The van der Waals surface area contributed by atoms with E-state index in [1.54, 1.807) is 0 Å². The first kappa shape index (κ1) is 22.1. The molecule has 0 saturated carbocycles. The fourth-order valence-corrected chi connectivity index (χ4v) is 4.60. The molecule has 0 radical (unpaired) electrons. The molecule has 0 aromatic heterocycles. The predicted octanol–water partition coefficient (Wildman–Crippen LogP) is 2.35. The Bertz CT molecular complexity index is 1070. The SMILES string of the molecule is CCCCCC(C)N1C(=O)c2ccc3c4c(ccc(c24)C1=O)C(=O)N(CC(O)CO)C3=O. The molecule has 0 aliphatic carbocycles. The van der Waals surface area contributed by atoms with Crippen LogP contribution in [0, 0.1) is 0 Å². The zero-order valence-corrected chi connectivity index (χ0v) is 18.1. The molecule has 2 aromatic carbocycles. The molecule has 8 heteroatoms. The van der Waals surface area contributed by atoms with Crippen molar-refractivity contribution < 1.29 is 29.4 Å². The van der Waals surface area contributed by atoms with Crippen molar-refractivity contribution in [2.24, 2.45) is 0 Å². The summed E-state index contributed by atoms with van der Waals surface area (Å²) in [7, 11) is 0. The van der Waals surface area contributed by atoms with E-state index in [1.165, 1.54) is 29.2 Å². The van der Waals surface area contributed by atoms with Gasteiger partial charge in [-0.15, -0.1) is 0 Å². The molecule has 4 amide bonds. The lowest BCUT2D eigenvalue weighted by Crippen LogP contribution is -2.47. The summed E-state index contributed by atoms with van der Waals surface area (Å²) in [4.78, 5) is 54.8. The van der Waals surface area contributed by atoms with Gasteiger partial charge in [0.1, 0.15) is 0 Å². The van der Waals surface area contributed by atoms with Crippen molar-refractivity contribution >= 4 is 34.4 Å². The lowest BCUT2D eigenvalue weighted by molar-refractivity contribution is 0.0389. The topological polar surface area (TPSA) is 115 Å². The van der Waals surface area contributed by atoms with E-state index in [0.29, 0.717) is 28.3 Å². The van der Waals surface area contributed by atoms with Gasteiger partial charge >= 0.3 is 0 Å². The number of carbonyl (C=O) groups excluding carboxylic acids is 4. The number of rotatable bonds is 8. The summed E-state index contributed by atoms with van der Waals surface area (Å²) in [5.74, 6) is -2.11. The molecular weight excluding hydrogens is 412 g/mol. The molecule has 4 rings (SSSR count). The second-order valence-corrected chi connectivity index (χ2v) is 8.45. The maximum Gasteiger partial charge on any atom is 0.261 e. The highest BCUT2D eigenvalue weighted by molar-refractivity contribution is 6.33. The Labute approximate surface area is 185 Å². The quantitative estimate of drug-likeness (QED) is 0.483. The largest absolute Gasteiger partial charge is 0.394 e. The average molecular weight is 438 g/mol. The Balaban J connectivity index is 1.81. The number of hydrogen-bond donors (Lipinski definition) is 2. The summed E-state index contributed by atoms with van der Waals surface area (Å²) < 4.78 is 0. The smallest absolute Gasteiger partial charge is 0.261 e. The van der Waals surface area contributed by atoms with Crippen LogP contribution in [0.25, 0.3) is 10.8 Å². The third-order valence-electron chi connectivity index (χ3n) is 6.28. The second kappa shape index (κ2) is 8.44. The van der Waals surface area contributed by atoms with Crippen LogP contribution in [0.15, 0.2) is 24.3 Å². The van der Waals surface area contributed by atoms with E-state index in [2.05, 4.69) is 6.92 Å². The Kier molecular flexibility index (Phi) is 5.83. The zero-order chi connectivity index (χ0) is 23.2. The summed E-state index contributed by atoms with van der Waals surface area (Å²) in [6.07, 6.45) is 2.41. The van der Waals surface area contributed by atoms with Crippen LogP contribution in [0.1, 0.15) is 81.0 Å². The summed E-state index contributed by atoms with van der Waals surface area (Å²) in [5, 5.41) is 19.5. The minimum absolute atomic E-state index is 0.190. The minimum atomic E-state index is -1.26. The molecule has 168 valence electrons. The van der Waals surface area contributed by atoms with Crippen molar-refractivity contribution in [3.05, 3.63) is 46.5 Å². The number of nitrogens with zero attached hydrogens (tertiary/aromatic N) is 2. The molecule has 32 heavy (non-hydrogen) atoms. The van der Waals surface area contributed by atoms with E-state index < -0.39 is 36.3 Å². The van der Waals surface area contributed by atoms with Crippen molar-refractivity contribution in [1.29, 1.82) is 0 Å². The van der Waals surface area contributed by atoms with Gasteiger partial charge in [0.25, 0.3) is 23.6 Å². The van der Waals surface area contributed by atoms with Crippen LogP contribution in [0.5, 0.6) is 0 Å². The number of benzene rings is 2. The van der Waals surface area contributed by atoms with Gasteiger partial charge in [0.2, 0.25) is 0 Å². The molecule has 8 nitrogen and oxygen atoms in total. The highest BCUT2D eigenvalue weighted by Gasteiger charge is 2.41. The van der Waals surface area contributed by atoms with Crippen molar-refractivity contribution in [2.75, 3.05) is 13.2 Å². The highest BCUT2D eigenvalue weighted by atomic mass is 16.3. The van der Waals surface area contributed by atoms with Crippen molar-refractivity contribution in [2.45, 2.75) is 51.7 Å². The summed E-state index contributed by atoms with van der Waals surface area (Å²) in [6, 6.07) is 5.77. The number of β-amino-alcohol motifs (C(OH)–C–C–N with tert-alkyl or cyclic N) is 1. The Morgan fingerprint density at radius 1 is 0.812 bits per heavy atom. The van der Waals surface area contributed by atoms with Gasteiger partial charge in [-0.2, -0.15) is 0 Å². The second-order valence-electron chi connectivity index (χ2n) is 8.45. The van der Waals surface area contributed by atoms with E-state index in [1.807, 2.05) is 6.92 Å². The molecule has 2 unspecified atom stereocenters. The minimum Gasteiger partial charge on any atom is -0.394 e. The predicted molar refractivity (Wildman–Crippen MR) is 117 cm³/mol. The van der Waals surface area contributed by atoms with Gasteiger partial charge in [0.05, 0.1) is 19.3 Å². The maximum absolute atomic E-state index is 13.3. The summed E-state index contributed by atoms with van der Waals surface area (Å²) >= 11 is 0. The average Bonchev–Trinajstić information content (AvgIpc) is 2.78. The van der Waals surface area contributed by atoms with Crippen LogP contribution in [0.4, 0.5) is 0 Å². The van der Waals surface area contributed by atoms with Gasteiger partial charge in [0, 0.05) is 39.1 Å². The van der Waals surface area contributed by atoms with Gasteiger partial charge in [-0.1, -0.05) is 26.2 Å². The molecule has 2 heterocycles. The number of hydrogen-bond acceptors (Lipinski definition) is 6. The zero-order valence-electron chi connectivity index (χ0n) is 18.1. The molecule has 0 bridgehead atoms. The number of amides is 4. The normalized spacial score (nSPS) is 17.4. The number of unbranched alkanes of at least 4 members (excludes halogenated alkanes) is 2. The van der Waals surface area contributed by atoms with Gasteiger partial charge in [-0.25, -0.2) is 0 Å². The Morgan fingerprint density at radius 2 is 1.28 bits per heavy atom. The first-order chi connectivity index (χ1) is 15.3. The van der Waals surface area contributed by atoms with Crippen molar-refractivity contribution in [3.63, 3.8) is 0 Å². The van der Waals surface area contributed by atoms with Gasteiger partial charge in [0.15, 0.2) is 0 Å². The third kappa shape index (κ3) is 3.30.